The van der Waals surface area contributed by atoms with Crippen LogP contribution in [0, 0.1) is 0 Å². The van der Waals surface area contributed by atoms with Gasteiger partial charge in [0.25, 0.3) is 5.91 Å². The molecule has 1 fully saturated rings. The van der Waals surface area contributed by atoms with Gasteiger partial charge in [0.1, 0.15) is 16.6 Å². The molecule has 0 aliphatic carbocycles. The number of nitrogens with zero attached hydrogens (tertiary/aromatic N) is 1. The van der Waals surface area contributed by atoms with Crippen molar-refractivity contribution in [2.75, 3.05) is 18.5 Å². The third-order valence-corrected chi connectivity index (χ3v) is 5.64. The van der Waals surface area contributed by atoms with Gasteiger partial charge in [0.15, 0.2) is 0 Å². The van der Waals surface area contributed by atoms with E-state index < -0.39 is 0 Å². The van der Waals surface area contributed by atoms with Crippen molar-refractivity contribution < 1.29 is 14.3 Å². The van der Waals surface area contributed by atoms with Gasteiger partial charge in [-0.05, 0) is 48.7 Å². The van der Waals surface area contributed by atoms with Crippen molar-refractivity contribution in [3.8, 4) is 5.75 Å². The fourth-order valence-corrected chi connectivity index (χ4v) is 4.26. The van der Waals surface area contributed by atoms with Crippen molar-refractivity contribution in [2.24, 2.45) is 0 Å². The van der Waals surface area contributed by atoms with E-state index in [1.54, 1.807) is 41.7 Å². The molecule has 1 aromatic heterocycles. The highest BCUT2D eigenvalue weighted by atomic mass is 32.2. The molecule has 26 heavy (non-hydrogen) atoms. The Morgan fingerprint density at radius 2 is 2.08 bits per heavy atom. The van der Waals surface area contributed by atoms with Crippen LogP contribution >= 0.6 is 35.3 Å². The predicted octanol–water partition coefficient (Wildman–Crippen LogP) is 3.99. The second-order valence-corrected chi connectivity index (χ2v) is 7.94. The van der Waals surface area contributed by atoms with Gasteiger partial charge in [-0.15, -0.1) is 11.3 Å². The van der Waals surface area contributed by atoms with Crippen LogP contribution in [0.3, 0.4) is 0 Å². The van der Waals surface area contributed by atoms with Gasteiger partial charge >= 0.3 is 0 Å². The van der Waals surface area contributed by atoms with Crippen molar-refractivity contribution in [3.05, 3.63) is 51.6 Å². The number of hydrogen-bond acceptors (Lipinski definition) is 6. The van der Waals surface area contributed by atoms with Crippen LogP contribution in [0.1, 0.15) is 11.8 Å². The van der Waals surface area contributed by atoms with E-state index in [4.69, 9.17) is 17.0 Å². The molecule has 8 heteroatoms. The number of carbonyl (C=O) groups excluding carboxylic acids is 2. The normalized spacial score (nSPS) is 15.6. The quantitative estimate of drug-likeness (QED) is 0.583. The molecule has 2 heterocycles. The van der Waals surface area contributed by atoms with Crippen molar-refractivity contribution in [1.29, 1.82) is 0 Å². The lowest BCUT2D eigenvalue weighted by Crippen LogP contribution is -2.36. The Kier molecular flexibility index (Phi) is 6.08. The fraction of sp³-hybridized carbons (Fsp3) is 0.167. The highest BCUT2D eigenvalue weighted by molar-refractivity contribution is 8.26. The molecule has 0 atom stereocenters. The third kappa shape index (κ3) is 4.51. The van der Waals surface area contributed by atoms with E-state index in [1.165, 1.54) is 16.7 Å². The molecule has 0 spiro atoms. The SMILES string of the molecule is CCOc1ccc(NC(=O)CN2C(=O)/C(=C\c3cccs3)SC2=S)cc1. The Hall–Kier alpha value is -2.16. The molecule has 1 aliphatic heterocycles. The van der Waals surface area contributed by atoms with Crippen LogP contribution in [0.15, 0.2) is 46.7 Å². The highest BCUT2D eigenvalue weighted by Crippen LogP contribution is 2.33. The Bertz CT molecular complexity index is 845. The van der Waals surface area contributed by atoms with Crippen molar-refractivity contribution >= 4 is 63.2 Å². The van der Waals surface area contributed by atoms with Crippen LogP contribution in [-0.2, 0) is 9.59 Å². The molecule has 0 unspecified atom stereocenters. The fourth-order valence-electron chi connectivity index (χ4n) is 2.28. The van der Waals surface area contributed by atoms with Gasteiger partial charge in [0.2, 0.25) is 5.91 Å². The van der Waals surface area contributed by atoms with E-state index in [0.29, 0.717) is 21.5 Å². The molecule has 134 valence electrons. The summed E-state index contributed by atoms with van der Waals surface area (Å²) in [6.07, 6.45) is 1.80. The molecular formula is C18H16N2O3S3. The first kappa shape index (κ1) is 18.6. The number of amides is 2. The van der Waals surface area contributed by atoms with Crippen molar-refractivity contribution in [1.82, 2.24) is 4.90 Å². The summed E-state index contributed by atoms with van der Waals surface area (Å²) < 4.78 is 5.75. The number of rotatable bonds is 6. The summed E-state index contributed by atoms with van der Waals surface area (Å²) >= 11 is 8.01. The van der Waals surface area contributed by atoms with E-state index in [2.05, 4.69) is 5.32 Å². The minimum Gasteiger partial charge on any atom is -0.494 e. The molecular weight excluding hydrogens is 388 g/mol. The summed E-state index contributed by atoms with van der Waals surface area (Å²) in [5.74, 6) is 0.194. The first-order chi connectivity index (χ1) is 12.6. The van der Waals surface area contributed by atoms with Gasteiger partial charge in [0.05, 0.1) is 11.5 Å². The van der Waals surface area contributed by atoms with Crippen molar-refractivity contribution in [2.45, 2.75) is 6.92 Å². The number of thiophene rings is 1. The maximum absolute atomic E-state index is 12.5. The zero-order valence-electron chi connectivity index (χ0n) is 13.9. The van der Waals surface area contributed by atoms with Crippen LogP contribution in [0.4, 0.5) is 5.69 Å². The summed E-state index contributed by atoms with van der Waals surface area (Å²) in [6, 6.07) is 10.9. The summed E-state index contributed by atoms with van der Waals surface area (Å²) in [5, 5.41) is 4.71. The van der Waals surface area contributed by atoms with Gasteiger partial charge in [-0.1, -0.05) is 30.0 Å². The minimum atomic E-state index is -0.303. The summed E-state index contributed by atoms with van der Waals surface area (Å²) in [4.78, 5) is 27.6. The lowest BCUT2D eigenvalue weighted by molar-refractivity contribution is -0.126. The van der Waals surface area contributed by atoms with E-state index in [0.717, 1.165) is 10.6 Å². The molecule has 3 rings (SSSR count). The first-order valence-corrected chi connectivity index (χ1v) is 9.99. The van der Waals surface area contributed by atoms with E-state index in [1.807, 2.05) is 24.4 Å². The first-order valence-electron chi connectivity index (χ1n) is 7.88. The summed E-state index contributed by atoms with van der Waals surface area (Å²) in [5.41, 5.74) is 0.637. The topological polar surface area (TPSA) is 58.6 Å². The van der Waals surface area contributed by atoms with Gasteiger partial charge in [-0.2, -0.15) is 0 Å². The lowest BCUT2D eigenvalue weighted by atomic mass is 10.3. The molecule has 2 amide bonds. The molecule has 1 aromatic carbocycles. The molecule has 2 aromatic rings. The average molecular weight is 405 g/mol. The smallest absolute Gasteiger partial charge is 0.266 e. The monoisotopic (exact) mass is 404 g/mol. The minimum absolute atomic E-state index is 0.111. The van der Waals surface area contributed by atoms with Gasteiger partial charge in [-0.3, -0.25) is 14.5 Å². The zero-order chi connectivity index (χ0) is 18.5. The molecule has 1 N–H and O–H groups in total. The molecule has 0 radical (unpaired) electrons. The number of carbonyl (C=O) groups is 2. The second kappa shape index (κ2) is 8.48. The predicted molar refractivity (Wildman–Crippen MR) is 110 cm³/mol. The number of nitrogens with one attached hydrogen (secondary N) is 1. The molecule has 1 saturated heterocycles. The maximum Gasteiger partial charge on any atom is 0.266 e. The van der Waals surface area contributed by atoms with Crippen LogP contribution in [0.2, 0.25) is 0 Å². The molecule has 1 aliphatic rings. The van der Waals surface area contributed by atoms with E-state index >= 15 is 0 Å². The maximum atomic E-state index is 12.5. The van der Waals surface area contributed by atoms with E-state index in [-0.39, 0.29) is 18.4 Å². The third-order valence-electron chi connectivity index (χ3n) is 3.44. The van der Waals surface area contributed by atoms with E-state index in [9.17, 15) is 9.59 Å². The van der Waals surface area contributed by atoms with Crippen LogP contribution < -0.4 is 10.1 Å². The number of hydrogen-bond donors (Lipinski definition) is 1. The molecule has 5 nitrogen and oxygen atoms in total. The number of benzene rings is 1. The lowest BCUT2D eigenvalue weighted by Gasteiger charge is -2.14. The average Bonchev–Trinajstić information content (AvgIpc) is 3.21. The van der Waals surface area contributed by atoms with Crippen LogP contribution in [0.25, 0.3) is 6.08 Å². The number of ether oxygens (including phenoxy) is 1. The zero-order valence-corrected chi connectivity index (χ0v) is 16.4. The van der Waals surface area contributed by atoms with Gasteiger partial charge in [0, 0.05) is 10.6 Å². The second-order valence-electron chi connectivity index (χ2n) is 5.29. The van der Waals surface area contributed by atoms with Gasteiger partial charge < -0.3 is 10.1 Å². The number of anilines is 1. The number of thioether (sulfide) groups is 1. The summed E-state index contributed by atoms with van der Waals surface area (Å²) in [6.45, 7) is 2.38. The Balaban J connectivity index is 1.62. The summed E-state index contributed by atoms with van der Waals surface area (Å²) in [7, 11) is 0. The molecule has 0 saturated carbocycles. The van der Waals surface area contributed by atoms with Gasteiger partial charge in [-0.25, -0.2) is 0 Å². The number of thiocarbonyl (C=S) groups is 1. The van der Waals surface area contributed by atoms with Crippen LogP contribution in [0.5, 0.6) is 5.75 Å². The Morgan fingerprint density at radius 3 is 2.73 bits per heavy atom. The van der Waals surface area contributed by atoms with Crippen LogP contribution in [-0.4, -0.2) is 34.2 Å². The van der Waals surface area contributed by atoms with Crippen molar-refractivity contribution in [3.63, 3.8) is 0 Å². The molecule has 0 bridgehead atoms. The Morgan fingerprint density at radius 1 is 1.31 bits per heavy atom. The largest absolute Gasteiger partial charge is 0.494 e. The Labute approximate surface area is 165 Å². The highest BCUT2D eigenvalue weighted by Gasteiger charge is 2.33. The standard InChI is InChI=1S/C18H16N2O3S3/c1-2-23-13-7-5-12(6-8-13)19-16(21)11-20-17(22)15(26-18(20)24)10-14-4-3-9-25-14/h3-10H,2,11H2,1H3,(H,19,21)/b15-10+.